The van der Waals surface area contributed by atoms with E-state index >= 15 is 0 Å². The van der Waals surface area contributed by atoms with Crippen molar-refractivity contribution < 1.29 is 24.4 Å². The molecule has 1 saturated carbocycles. The maximum absolute atomic E-state index is 12.9. The largest absolute Gasteiger partial charge is 0.547 e. The molecular formula is C21H31BN2O5. The van der Waals surface area contributed by atoms with Crippen molar-refractivity contribution in [2.45, 2.75) is 44.5 Å². The Kier molecular flexibility index (Phi) is 6.85. The predicted molar refractivity (Wildman–Crippen MR) is 111 cm³/mol. The van der Waals surface area contributed by atoms with Crippen LogP contribution in [0.25, 0.3) is 0 Å². The number of fused-ring (bicyclic) bond motifs is 1. The van der Waals surface area contributed by atoms with Gasteiger partial charge in [-0.25, -0.2) is 4.79 Å². The summed E-state index contributed by atoms with van der Waals surface area (Å²) in [5.41, 5.74) is 0.729. The predicted octanol–water partition coefficient (Wildman–Crippen LogP) is 1.92. The highest BCUT2D eigenvalue weighted by atomic mass is 16.5. The second-order valence-corrected chi connectivity index (χ2v) is 8.74. The molecule has 29 heavy (non-hydrogen) atoms. The Morgan fingerprint density at radius 2 is 1.79 bits per heavy atom. The fourth-order valence-electron chi connectivity index (χ4n) is 4.62. The zero-order valence-electron chi connectivity index (χ0n) is 17.5. The minimum absolute atomic E-state index is 0.00606. The number of rotatable bonds is 6. The summed E-state index contributed by atoms with van der Waals surface area (Å²) in [5.74, 6) is -0.320. The van der Waals surface area contributed by atoms with E-state index in [1.54, 1.807) is 24.1 Å². The van der Waals surface area contributed by atoms with Crippen molar-refractivity contribution in [3.63, 3.8) is 0 Å². The Morgan fingerprint density at radius 1 is 1.14 bits per heavy atom. The maximum atomic E-state index is 12.9. The van der Waals surface area contributed by atoms with Crippen LogP contribution in [0.4, 0.5) is 0 Å². The van der Waals surface area contributed by atoms with Crippen LogP contribution in [0.2, 0.25) is 0 Å². The van der Waals surface area contributed by atoms with Crippen LogP contribution in [-0.2, 0) is 11.2 Å². The zero-order chi connectivity index (χ0) is 21.1. The first-order chi connectivity index (χ1) is 13.8. The van der Waals surface area contributed by atoms with E-state index in [-0.39, 0.29) is 17.2 Å². The number of para-hydroxylation sites is 1. The molecule has 0 radical (unpaired) electrons. The number of hydrogen-bond acceptors (Lipinski definition) is 5. The lowest BCUT2D eigenvalue weighted by Gasteiger charge is -2.36. The van der Waals surface area contributed by atoms with Crippen molar-refractivity contribution in [3.05, 3.63) is 29.3 Å². The molecule has 3 rings (SSSR count). The lowest BCUT2D eigenvalue weighted by Crippen LogP contribution is -2.54. The van der Waals surface area contributed by atoms with Crippen LogP contribution in [0, 0.1) is 11.8 Å². The van der Waals surface area contributed by atoms with Gasteiger partial charge in [-0.15, -0.1) is 0 Å². The van der Waals surface area contributed by atoms with E-state index in [9.17, 15) is 19.7 Å². The number of carboxylic acid groups (broad SMARTS) is 1. The number of carbonyl (C=O) groups excluding carboxylic acids is 1. The van der Waals surface area contributed by atoms with Gasteiger partial charge in [-0.1, -0.05) is 12.1 Å². The fourth-order valence-corrected chi connectivity index (χ4v) is 4.62. The third-order valence-corrected chi connectivity index (χ3v) is 6.27. The number of nitrogens with zero attached hydrogens (tertiary/aromatic N) is 2. The molecule has 1 aromatic rings. The Balaban J connectivity index is 1.59. The third-order valence-electron chi connectivity index (χ3n) is 6.27. The van der Waals surface area contributed by atoms with E-state index in [0.717, 1.165) is 32.2 Å². The summed E-state index contributed by atoms with van der Waals surface area (Å²) < 4.78 is 5.53. The summed E-state index contributed by atoms with van der Waals surface area (Å²) in [7, 11) is 4.65. The van der Waals surface area contributed by atoms with E-state index in [4.69, 9.17) is 4.65 Å². The Morgan fingerprint density at radius 3 is 2.41 bits per heavy atom. The lowest BCUT2D eigenvalue weighted by atomic mass is 9.71. The molecule has 158 valence electrons. The van der Waals surface area contributed by atoms with Gasteiger partial charge in [0.1, 0.15) is 5.75 Å². The number of amides is 1. The smallest absolute Gasteiger partial charge is 0.534 e. The van der Waals surface area contributed by atoms with Crippen molar-refractivity contribution >= 4 is 19.0 Å². The first-order valence-electron chi connectivity index (χ1n) is 10.4. The molecule has 8 heteroatoms. The second-order valence-electron chi connectivity index (χ2n) is 8.74. The number of likely N-dealkylation sites (N-methyl/N-ethyl adjacent to an activating group) is 1. The highest BCUT2D eigenvalue weighted by Crippen LogP contribution is 2.34. The van der Waals surface area contributed by atoms with E-state index in [0.29, 0.717) is 30.2 Å². The van der Waals surface area contributed by atoms with Gasteiger partial charge in [0.05, 0.1) is 11.5 Å². The van der Waals surface area contributed by atoms with Crippen LogP contribution >= 0.6 is 0 Å². The summed E-state index contributed by atoms with van der Waals surface area (Å²) in [6.45, 7) is 1.10. The normalized spacial score (nSPS) is 24.0. The molecule has 1 unspecified atom stereocenters. The summed E-state index contributed by atoms with van der Waals surface area (Å²) in [4.78, 5) is 28.0. The molecule has 1 aliphatic carbocycles. The highest BCUT2D eigenvalue weighted by Gasteiger charge is 2.41. The fraction of sp³-hybridized carbons (Fsp3) is 0.619. The van der Waals surface area contributed by atoms with E-state index in [1.807, 2.05) is 0 Å². The van der Waals surface area contributed by atoms with E-state index in [2.05, 4.69) is 19.0 Å². The molecule has 1 fully saturated rings. The third kappa shape index (κ3) is 5.11. The number of benzene rings is 1. The Hall–Kier alpha value is -2.06. The average molecular weight is 402 g/mol. The molecule has 0 aromatic heterocycles. The SMILES string of the molecule is CN(C)CC1CCC(CC(=O)N(C)C2Cc3cccc(C(=O)O)c3OB2O)CC1. The van der Waals surface area contributed by atoms with E-state index in [1.165, 1.54) is 6.07 Å². The minimum Gasteiger partial charge on any atom is -0.534 e. The molecule has 2 N–H and O–H groups in total. The number of hydrogen-bond donors (Lipinski definition) is 2. The summed E-state index contributed by atoms with van der Waals surface area (Å²) in [6, 6.07) is 4.90. The number of carbonyl (C=O) groups is 2. The van der Waals surface area contributed by atoms with Gasteiger partial charge < -0.3 is 24.6 Å². The van der Waals surface area contributed by atoms with Crippen LogP contribution in [0.3, 0.4) is 0 Å². The van der Waals surface area contributed by atoms with E-state index < -0.39 is 19.0 Å². The van der Waals surface area contributed by atoms with Gasteiger partial charge in [0, 0.05) is 20.0 Å². The molecule has 1 atom stereocenters. The minimum atomic E-state index is -1.24. The molecule has 2 aliphatic rings. The molecule has 7 nitrogen and oxygen atoms in total. The molecule has 0 saturated heterocycles. The summed E-state index contributed by atoms with van der Waals surface area (Å²) in [6.07, 6.45) is 5.28. The van der Waals surface area contributed by atoms with Gasteiger partial charge in [-0.2, -0.15) is 0 Å². The van der Waals surface area contributed by atoms with Crippen LogP contribution in [0.5, 0.6) is 5.75 Å². The van der Waals surface area contributed by atoms with Crippen molar-refractivity contribution in [2.75, 3.05) is 27.7 Å². The van der Waals surface area contributed by atoms with Crippen molar-refractivity contribution in [1.29, 1.82) is 0 Å². The van der Waals surface area contributed by atoms with Gasteiger partial charge in [-0.3, -0.25) is 4.79 Å². The zero-order valence-corrected chi connectivity index (χ0v) is 17.5. The highest BCUT2D eigenvalue weighted by molar-refractivity contribution is 6.47. The first kappa shape index (κ1) is 21.6. The van der Waals surface area contributed by atoms with Crippen molar-refractivity contribution in [2.24, 2.45) is 11.8 Å². The summed E-state index contributed by atoms with van der Waals surface area (Å²) in [5, 5.41) is 19.8. The number of aromatic carboxylic acids is 1. The average Bonchev–Trinajstić information content (AvgIpc) is 2.67. The topological polar surface area (TPSA) is 90.3 Å². The van der Waals surface area contributed by atoms with Gasteiger partial charge in [0.15, 0.2) is 0 Å². The molecule has 1 heterocycles. The quantitative estimate of drug-likeness (QED) is 0.707. The van der Waals surface area contributed by atoms with Gasteiger partial charge in [0.25, 0.3) is 0 Å². The second kappa shape index (κ2) is 9.18. The van der Waals surface area contributed by atoms with Crippen LogP contribution in [0.1, 0.15) is 48.0 Å². The van der Waals surface area contributed by atoms with Crippen molar-refractivity contribution in [3.8, 4) is 5.75 Å². The van der Waals surface area contributed by atoms with Crippen LogP contribution < -0.4 is 4.65 Å². The monoisotopic (exact) mass is 402 g/mol. The number of carboxylic acids is 1. The summed E-state index contributed by atoms with van der Waals surface area (Å²) >= 11 is 0. The Bertz CT molecular complexity index is 749. The molecular weight excluding hydrogens is 371 g/mol. The first-order valence-corrected chi connectivity index (χ1v) is 10.4. The maximum Gasteiger partial charge on any atom is 0.547 e. The van der Waals surface area contributed by atoms with Crippen LogP contribution in [-0.4, -0.2) is 72.6 Å². The molecule has 0 spiro atoms. The van der Waals surface area contributed by atoms with Crippen LogP contribution in [0.15, 0.2) is 18.2 Å². The van der Waals surface area contributed by atoms with Crippen molar-refractivity contribution in [1.82, 2.24) is 9.80 Å². The molecule has 1 amide bonds. The Labute approximate surface area is 172 Å². The van der Waals surface area contributed by atoms with Gasteiger partial charge >= 0.3 is 13.1 Å². The standard InChI is InChI=1S/C21H31BN2O5/c1-23(2)13-15-9-7-14(8-10-15)11-19(25)24(3)18-12-16-5-4-6-17(21(26)27)20(16)29-22(18)28/h4-6,14-15,18,28H,7-13H2,1-3H3,(H,26,27). The molecule has 1 aromatic carbocycles. The van der Waals surface area contributed by atoms with Gasteiger partial charge in [-0.05, 0) is 69.7 Å². The lowest BCUT2D eigenvalue weighted by molar-refractivity contribution is -0.132. The van der Waals surface area contributed by atoms with Gasteiger partial charge in [0.2, 0.25) is 5.91 Å². The molecule has 0 bridgehead atoms. The molecule has 1 aliphatic heterocycles.